The predicted octanol–water partition coefficient (Wildman–Crippen LogP) is 3.03. The van der Waals surface area contributed by atoms with Crippen LogP contribution < -0.4 is 4.74 Å². The van der Waals surface area contributed by atoms with Gasteiger partial charge in [-0.25, -0.2) is 0 Å². The molecule has 0 bridgehead atoms. The lowest BCUT2D eigenvalue weighted by Crippen LogP contribution is -2.28. The Labute approximate surface area is 141 Å². The van der Waals surface area contributed by atoms with Crippen LogP contribution in [-0.2, 0) is 0 Å². The highest BCUT2D eigenvalue weighted by Crippen LogP contribution is 2.40. The number of nitriles is 1. The van der Waals surface area contributed by atoms with Crippen molar-refractivity contribution in [3.05, 3.63) is 41.5 Å². The number of likely N-dealkylation sites (tertiary alicyclic amines) is 1. The van der Waals surface area contributed by atoms with E-state index in [0.717, 1.165) is 43.4 Å². The maximum absolute atomic E-state index is 8.93. The molecule has 1 atom stereocenters. The van der Waals surface area contributed by atoms with Crippen molar-refractivity contribution in [3.8, 4) is 11.8 Å². The van der Waals surface area contributed by atoms with E-state index in [1.807, 2.05) is 12.1 Å². The number of ether oxygens (including phenoxy) is 1. The van der Waals surface area contributed by atoms with E-state index in [1.165, 1.54) is 12.8 Å². The van der Waals surface area contributed by atoms with Crippen LogP contribution in [0.5, 0.6) is 5.75 Å². The van der Waals surface area contributed by atoms with Gasteiger partial charge in [0.2, 0.25) is 5.89 Å². The fourth-order valence-electron chi connectivity index (χ4n) is 3.20. The van der Waals surface area contributed by atoms with Crippen molar-refractivity contribution in [1.82, 2.24) is 15.0 Å². The quantitative estimate of drug-likeness (QED) is 0.813. The van der Waals surface area contributed by atoms with Gasteiger partial charge in [0.25, 0.3) is 0 Å². The fraction of sp³-hybridized carbons (Fsp3) is 0.500. The van der Waals surface area contributed by atoms with Crippen LogP contribution in [0, 0.1) is 11.3 Å². The Morgan fingerprint density at radius 2 is 2.25 bits per heavy atom. The molecule has 1 saturated carbocycles. The van der Waals surface area contributed by atoms with Crippen LogP contribution in [0.3, 0.4) is 0 Å². The topological polar surface area (TPSA) is 75.2 Å². The largest absolute Gasteiger partial charge is 0.492 e. The molecule has 0 amide bonds. The molecule has 0 radical (unpaired) electrons. The summed E-state index contributed by atoms with van der Waals surface area (Å²) in [6.45, 7) is 2.42. The van der Waals surface area contributed by atoms with Gasteiger partial charge in [-0.05, 0) is 50.4 Å². The van der Waals surface area contributed by atoms with Crippen LogP contribution in [-0.4, -0.2) is 34.7 Å². The average molecular weight is 324 g/mol. The second kappa shape index (κ2) is 6.62. The second-order valence-electron chi connectivity index (χ2n) is 6.45. The lowest BCUT2D eigenvalue weighted by atomic mass is 10.2. The summed E-state index contributed by atoms with van der Waals surface area (Å²) in [6.07, 6.45) is 4.55. The summed E-state index contributed by atoms with van der Waals surface area (Å²) in [4.78, 5) is 6.95. The fourth-order valence-corrected chi connectivity index (χ4v) is 3.20. The van der Waals surface area contributed by atoms with E-state index in [1.54, 1.807) is 12.1 Å². The van der Waals surface area contributed by atoms with Crippen molar-refractivity contribution in [1.29, 1.82) is 5.26 Å². The second-order valence-corrected chi connectivity index (χ2v) is 6.45. The van der Waals surface area contributed by atoms with E-state index in [2.05, 4.69) is 21.1 Å². The monoisotopic (exact) mass is 324 g/mol. The van der Waals surface area contributed by atoms with Gasteiger partial charge >= 0.3 is 0 Å². The van der Waals surface area contributed by atoms with E-state index in [4.69, 9.17) is 14.5 Å². The third-order valence-corrected chi connectivity index (χ3v) is 4.66. The van der Waals surface area contributed by atoms with Crippen LogP contribution in [0.1, 0.15) is 54.9 Å². The van der Waals surface area contributed by atoms with E-state index in [-0.39, 0.29) is 6.04 Å². The molecule has 4 rings (SSSR count). The Hall–Kier alpha value is -2.39. The molecule has 1 saturated heterocycles. The molecule has 2 aromatic rings. The normalized spacial score (nSPS) is 20.9. The molecule has 24 heavy (non-hydrogen) atoms. The average Bonchev–Trinajstić information content (AvgIpc) is 3.16. The molecule has 0 N–H and O–H groups in total. The van der Waals surface area contributed by atoms with Gasteiger partial charge in [0, 0.05) is 12.5 Å². The number of rotatable bonds is 6. The first kappa shape index (κ1) is 15.2. The number of nitrogens with zero attached hydrogens (tertiary/aromatic N) is 4. The predicted molar refractivity (Wildman–Crippen MR) is 86.5 cm³/mol. The molecule has 1 aliphatic carbocycles. The van der Waals surface area contributed by atoms with Crippen LogP contribution in [0.25, 0.3) is 0 Å². The molecule has 6 heteroatoms. The minimum atomic E-state index is 0.232. The number of benzene rings is 1. The smallest absolute Gasteiger partial charge is 0.229 e. The Bertz CT molecular complexity index is 747. The zero-order valence-corrected chi connectivity index (χ0v) is 13.5. The van der Waals surface area contributed by atoms with E-state index in [0.29, 0.717) is 18.1 Å². The highest BCUT2D eigenvalue weighted by Gasteiger charge is 2.34. The first-order valence-corrected chi connectivity index (χ1v) is 8.54. The van der Waals surface area contributed by atoms with Gasteiger partial charge in [-0.1, -0.05) is 11.2 Å². The zero-order valence-electron chi connectivity index (χ0n) is 13.5. The van der Waals surface area contributed by atoms with Crippen LogP contribution in [0.15, 0.2) is 28.8 Å². The van der Waals surface area contributed by atoms with Crippen molar-refractivity contribution in [3.63, 3.8) is 0 Å². The summed E-state index contributed by atoms with van der Waals surface area (Å²) in [5.74, 6) is 2.86. The van der Waals surface area contributed by atoms with Crippen molar-refractivity contribution in [2.45, 2.75) is 37.6 Å². The van der Waals surface area contributed by atoms with Gasteiger partial charge in [0.05, 0.1) is 17.7 Å². The van der Waals surface area contributed by atoms with Crippen molar-refractivity contribution >= 4 is 0 Å². The minimum absolute atomic E-state index is 0.232. The Kier molecular flexibility index (Phi) is 4.18. The van der Waals surface area contributed by atoms with Crippen LogP contribution >= 0.6 is 0 Å². The number of aromatic nitrogens is 2. The van der Waals surface area contributed by atoms with Gasteiger partial charge < -0.3 is 9.26 Å². The summed E-state index contributed by atoms with van der Waals surface area (Å²) in [5, 5.41) is 13.1. The summed E-state index contributed by atoms with van der Waals surface area (Å²) in [7, 11) is 0. The van der Waals surface area contributed by atoms with Crippen molar-refractivity contribution < 1.29 is 9.26 Å². The molecule has 6 nitrogen and oxygen atoms in total. The van der Waals surface area contributed by atoms with Crippen LogP contribution in [0.2, 0.25) is 0 Å². The SMILES string of the molecule is N#Cc1cccc(OCCN2CCCC2c2noc(C3CC3)n2)c1. The van der Waals surface area contributed by atoms with Gasteiger partial charge in [-0.2, -0.15) is 10.2 Å². The Balaban J connectivity index is 1.34. The number of hydrogen-bond donors (Lipinski definition) is 0. The lowest BCUT2D eigenvalue weighted by molar-refractivity contribution is 0.190. The van der Waals surface area contributed by atoms with Gasteiger partial charge in [-0.15, -0.1) is 0 Å². The molecule has 2 heterocycles. The Morgan fingerprint density at radius 3 is 3.08 bits per heavy atom. The third-order valence-electron chi connectivity index (χ3n) is 4.66. The summed E-state index contributed by atoms with van der Waals surface area (Å²) >= 11 is 0. The van der Waals surface area contributed by atoms with Crippen molar-refractivity contribution in [2.24, 2.45) is 0 Å². The molecule has 1 aliphatic heterocycles. The highest BCUT2D eigenvalue weighted by atomic mass is 16.5. The summed E-state index contributed by atoms with van der Waals surface area (Å²) in [5.41, 5.74) is 0.617. The summed E-state index contributed by atoms with van der Waals surface area (Å²) < 4.78 is 11.2. The highest BCUT2D eigenvalue weighted by molar-refractivity contribution is 5.36. The van der Waals surface area contributed by atoms with Gasteiger partial charge in [0.15, 0.2) is 5.82 Å². The third kappa shape index (κ3) is 3.26. The molecular weight excluding hydrogens is 304 g/mol. The summed E-state index contributed by atoms with van der Waals surface area (Å²) in [6, 6.07) is 9.62. The van der Waals surface area contributed by atoms with E-state index < -0.39 is 0 Å². The van der Waals surface area contributed by atoms with E-state index >= 15 is 0 Å². The maximum atomic E-state index is 8.93. The zero-order chi connectivity index (χ0) is 16.4. The molecular formula is C18H20N4O2. The van der Waals surface area contributed by atoms with Gasteiger partial charge in [-0.3, -0.25) is 4.90 Å². The minimum Gasteiger partial charge on any atom is -0.492 e. The standard InChI is InChI=1S/C18H20N4O2/c19-12-13-3-1-4-15(11-13)23-10-9-22-8-2-5-16(22)17-20-18(24-21-17)14-6-7-14/h1,3-4,11,14,16H,2,5-10H2. The van der Waals surface area contributed by atoms with Crippen LogP contribution in [0.4, 0.5) is 0 Å². The Morgan fingerprint density at radius 1 is 1.33 bits per heavy atom. The maximum Gasteiger partial charge on any atom is 0.229 e. The number of hydrogen-bond acceptors (Lipinski definition) is 6. The molecule has 1 unspecified atom stereocenters. The van der Waals surface area contributed by atoms with Crippen molar-refractivity contribution in [2.75, 3.05) is 19.7 Å². The first-order valence-electron chi connectivity index (χ1n) is 8.54. The van der Waals surface area contributed by atoms with E-state index in [9.17, 15) is 0 Å². The molecule has 1 aromatic carbocycles. The lowest BCUT2D eigenvalue weighted by Gasteiger charge is -2.21. The molecule has 0 spiro atoms. The molecule has 1 aromatic heterocycles. The van der Waals surface area contributed by atoms with Gasteiger partial charge in [0.1, 0.15) is 12.4 Å². The first-order chi connectivity index (χ1) is 11.8. The molecule has 124 valence electrons. The molecule has 2 fully saturated rings. The molecule has 2 aliphatic rings.